The standard InChI is InChI=1S/C11H12Cl2O2/c1-7(2)10(14)6-15-11-5-8(12)3-4-9(11)13/h3-5,7H,6H2,1-2H3. The highest BCUT2D eigenvalue weighted by molar-refractivity contribution is 6.34. The second-order valence-corrected chi connectivity index (χ2v) is 4.33. The van der Waals surface area contributed by atoms with E-state index in [-0.39, 0.29) is 18.3 Å². The van der Waals surface area contributed by atoms with Crippen molar-refractivity contribution in [3.63, 3.8) is 0 Å². The maximum atomic E-state index is 11.3. The van der Waals surface area contributed by atoms with Crippen LogP contribution in [0, 0.1) is 5.92 Å². The van der Waals surface area contributed by atoms with Crippen molar-refractivity contribution in [2.24, 2.45) is 5.92 Å². The first kappa shape index (κ1) is 12.3. The van der Waals surface area contributed by atoms with E-state index in [0.717, 1.165) is 0 Å². The van der Waals surface area contributed by atoms with Crippen LogP contribution in [0.1, 0.15) is 13.8 Å². The predicted octanol–water partition coefficient (Wildman–Crippen LogP) is 3.60. The lowest BCUT2D eigenvalue weighted by Crippen LogP contribution is -2.16. The van der Waals surface area contributed by atoms with Crippen molar-refractivity contribution >= 4 is 29.0 Å². The van der Waals surface area contributed by atoms with E-state index in [1.165, 1.54) is 0 Å². The van der Waals surface area contributed by atoms with Gasteiger partial charge in [-0.15, -0.1) is 0 Å². The summed E-state index contributed by atoms with van der Waals surface area (Å²) in [6.45, 7) is 3.67. The Bertz CT molecular complexity index is 362. The Kier molecular flexibility index (Phi) is 4.43. The maximum Gasteiger partial charge on any atom is 0.172 e. The smallest absolute Gasteiger partial charge is 0.172 e. The van der Waals surface area contributed by atoms with Crippen molar-refractivity contribution < 1.29 is 9.53 Å². The van der Waals surface area contributed by atoms with Crippen molar-refractivity contribution in [2.75, 3.05) is 6.61 Å². The highest BCUT2D eigenvalue weighted by Gasteiger charge is 2.09. The predicted molar refractivity (Wildman–Crippen MR) is 61.8 cm³/mol. The number of Topliss-reactive ketones (excluding diaryl/α,β-unsaturated/α-hetero) is 1. The van der Waals surface area contributed by atoms with Gasteiger partial charge in [0, 0.05) is 17.0 Å². The van der Waals surface area contributed by atoms with E-state index < -0.39 is 0 Å². The van der Waals surface area contributed by atoms with Gasteiger partial charge in [0.15, 0.2) is 5.78 Å². The third kappa shape index (κ3) is 3.73. The number of carbonyl (C=O) groups excluding carboxylic acids is 1. The quantitative estimate of drug-likeness (QED) is 0.812. The Morgan fingerprint density at radius 2 is 2.07 bits per heavy atom. The van der Waals surface area contributed by atoms with Crippen LogP contribution in [0.2, 0.25) is 10.0 Å². The molecule has 0 atom stereocenters. The Hall–Kier alpha value is -0.730. The zero-order valence-corrected chi connectivity index (χ0v) is 10.1. The van der Waals surface area contributed by atoms with Gasteiger partial charge >= 0.3 is 0 Å². The number of hydrogen-bond donors (Lipinski definition) is 0. The van der Waals surface area contributed by atoms with Crippen LogP contribution in [0.4, 0.5) is 0 Å². The lowest BCUT2D eigenvalue weighted by Gasteiger charge is -2.08. The van der Waals surface area contributed by atoms with Crippen LogP contribution in [0.25, 0.3) is 0 Å². The molecule has 0 radical (unpaired) electrons. The minimum Gasteiger partial charge on any atom is -0.484 e. The fraction of sp³-hybridized carbons (Fsp3) is 0.364. The number of rotatable bonds is 4. The molecule has 4 heteroatoms. The third-order valence-corrected chi connectivity index (χ3v) is 2.45. The molecule has 1 aromatic rings. The fourth-order valence-corrected chi connectivity index (χ4v) is 1.24. The Morgan fingerprint density at radius 1 is 1.40 bits per heavy atom. The molecule has 2 nitrogen and oxygen atoms in total. The molecule has 0 N–H and O–H groups in total. The molecule has 0 amide bonds. The van der Waals surface area contributed by atoms with E-state index in [1.54, 1.807) is 18.2 Å². The summed E-state index contributed by atoms with van der Waals surface area (Å²) in [4.78, 5) is 11.3. The summed E-state index contributed by atoms with van der Waals surface area (Å²) in [6.07, 6.45) is 0. The van der Waals surface area contributed by atoms with Gasteiger partial charge in [0.05, 0.1) is 5.02 Å². The zero-order chi connectivity index (χ0) is 11.4. The molecule has 0 aliphatic rings. The van der Waals surface area contributed by atoms with Crippen LogP contribution in [0.3, 0.4) is 0 Å². The summed E-state index contributed by atoms with van der Waals surface area (Å²) in [7, 11) is 0. The molecule has 0 unspecified atom stereocenters. The summed E-state index contributed by atoms with van der Waals surface area (Å²) in [5.41, 5.74) is 0. The Labute approximate surface area is 99.1 Å². The molecule has 0 aliphatic carbocycles. The highest BCUT2D eigenvalue weighted by atomic mass is 35.5. The van der Waals surface area contributed by atoms with Gasteiger partial charge in [-0.05, 0) is 12.1 Å². The maximum absolute atomic E-state index is 11.3. The highest BCUT2D eigenvalue weighted by Crippen LogP contribution is 2.27. The second kappa shape index (κ2) is 5.38. The Morgan fingerprint density at radius 3 is 2.67 bits per heavy atom. The van der Waals surface area contributed by atoms with Crippen LogP contribution < -0.4 is 4.74 Å². The van der Waals surface area contributed by atoms with Crippen LogP contribution >= 0.6 is 23.2 Å². The van der Waals surface area contributed by atoms with E-state index in [0.29, 0.717) is 15.8 Å². The lowest BCUT2D eigenvalue weighted by atomic mass is 10.1. The van der Waals surface area contributed by atoms with Crippen molar-refractivity contribution in [1.82, 2.24) is 0 Å². The van der Waals surface area contributed by atoms with Crippen molar-refractivity contribution in [1.29, 1.82) is 0 Å². The molecule has 0 fully saturated rings. The topological polar surface area (TPSA) is 26.3 Å². The monoisotopic (exact) mass is 246 g/mol. The third-order valence-electron chi connectivity index (χ3n) is 1.91. The number of carbonyl (C=O) groups is 1. The van der Waals surface area contributed by atoms with Gasteiger partial charge in [-0.3, -0.25) is 4.79 Å². The van der Waals surface area contributed by atoms with Crippen LogP contribution in [-0.2, 0) is 4.79 Å². The van der Waals surface area contributed by atoms with Crippen molar-refractivity contribution in [3.8, 4) is 5.75 Å². The summed E-state index contributed by atoms with van der Waals surface area (Å²) in [5.74, 6) is 0.437. The van der Waals surface area contributed by atoms with E-state index in [9.17, 15) is 4.79 Å². The molecule has 0 saturated heterocycles. The van der Waals surface area contributed by atoms with E-state index in [2.05, 4.69) is 0 Å². The van der Waals surface area contributed by atoms with Crippen LogP contribution in [0.15, 0.2) is 18.2 Å². The number of ketones is 1. The first-order chi connectivity index (χ1) is 7.00. The van der Waals surface area contributed by atoms with E-state index in [1.807, 2.05) is 13.8 Å². The van der Waals surface area contributed by atoms with Gasteiger partial charge in [0.2, 0.25) is 0 Å². The molecule has 0 aromatic heterocycles. The lowest BCUT2D eigenvalue weighted by molar-refractivity contribution is -0.123. The molecule has 0 bridgehead atoms. The molecule has 1 aromatic carbocycles. The summed E-state index contributed by atoms with van der Waals surface area (Å²) >= 11 is 11.6. The SMILES string of the molecule is CC(C)C(=O)COc1cc(Cl)ccc1Cl. The fourth-order valence-electron chi connectivity index (χ4n) is 0.903. The van der Waals surface area contributed by atoms with Crippen LogP contribution in [-0.4, -0.2) is 12.4 Å². The van der Waals surface area contributed by atoms with Crippen molar-refractivity contribution in [2.45, 2.75) is 13.8 Å². The second-order valence-electron chi connectivity index (χ2n) is 3.48. The van der Waals surface area contributed by atoms with E-state index >= 15 is 0 Å². The first-order valence-electron chi connectivity index (χ1n) is 4.61. The summed E-state index contributed by atoms with van der Waals surface area (Å²) in [6, 6.07) is 4.90. The molecule has 0 spiro atoms. The van der Waals surface area contributed by atoms with Crippen LogP contribution in [0.5, 0.6) is 5.75 Å². The van der Waals surface area contributed by atoms with E-state index in [4.69, 9.17) is 27.9 Å². The van der Waals surface area contributed by atoms with Gasteiger partial charge < -0.3 is 4.74 Å². The minimum absolute atomic E-state index is 0.0255. The molecule has 15 heavy (non-hydrogen) atoms. The number of hydrogen-bond acceptors (Lipinski definition) is 2. The normalized spacial score (nSPS) is 10.5. The van der Waals surface area contributed by atoms with Crippen molar-refractivity contribution in [3.05, 3.63) is 28.2 Å². The molecule has 0 heterocycles. The number of benzene rings is 1. The average Bonchev–Trinajstić information content (AvgIpc) is 2.18. The number of ether oxygens (including phenoxy) is 1. The number of halogens is 2. The zero-order valence-electron chi connectivity index (χ0n) is 8.59. The van der Waals surface area contributed by atoms with Gasteiger partial charge in [0.25, 0.3) is 0 Å². The molecular weight excluding hydrogens is 235 g/mol. The Balaban J connectivity index is 2.65. The largest absolute Gasteiger partial charge is 0.484 e. The van der Waals surface area contributed by atoms with Gasteiger partial charge in [-0.25, -0.2) is 0 Å². The van der Waals surface area contributed by atoms with Gasteiger partial charge in [-0.1, -0.05) is 37.0 Å². The van der Waals surface area contributed by atoms with Gasteiger partial charge in [-0.2, -0.15) is 0 Å². The van der Waals surface area contributed by atoms with Gasteiger partial charge in [0.1, 0.15) is 12.4 Å². The molecule has 0 saturated carbocycles. The summed E-state index contributed by atoms with van der Waals surface area (Å²) in [5, 5.41) is 0.988. The minimum atomic E-state index is -0.0389. The average molecular weight is 247 g/mol. The molecular formula is C11H12Cl2O2. The first-order valence-corrected chi connectivity index (χ1v) is 5.37. The molecule has 82 valence electrons. The molecule has 1 rings (SSSR count). The summed E-state index contributed by atoms with van der Waals surface area (Å²) < 4.78 is 5.27. The molecule has 0 aliphatic heterocycles.